The summed E-state index contributed by atoms with van der Waals surface area (Å²) in [6.07, 6.45) is 0. The van der Waals surface area contributed by atoms with Crippen LogP contribution in [0.1, 0.15) is 0 Å². The summed E-state index contributed by atoms with van der Waals surface area (Å²) < 4.78 is 0. The van der Waals surface area contributed by atoms with Crippen LogP contribution in [0.25, 0.3) is 0 Å². The van der Waals surface area contributed by atoms with E-state index in [1.54, 1.807) is 0 Å². The zero-order chi connectivity index (χ0) is 6.99. The summed E-state index contributed by atoms with van der Waals surface area (Å²) in [5.74, 6) is 0. The number of carbonyl (C=O) groups excluding carboxylic acids is 1. The Kier molecular flexibility index (Phi) is 16.0. The standard InChI is InChI=1S/C2H2BrClO.CH2Cl2/c3-1-2(4)5;2-1-3/h1H2;1H2. The van der Waals surface area contributed by atoms with Crippen molar-refractivity contribution in [1.29, 1.82) is 0 Å². The molecule has 0 amide bonds. The van der Waals surface area contributed by atoms with E-state index < -0.39 is 0 Å². The summed E-state index contributed by atoms with van der Waals surface area (Å²) in [6, 6.07) is 0. The van der Waals surface area contributed by atoms with Gasteiger partial charge in [-0.05, 0) is 11.6 Å². The molecular weight excluding hydrogens is 238 g/mol. The Hall–Kier alpha value is 1.02. The second-order valence-electron chi connectivity index (χ2n) is 0.590. The van der Waals surface area contributed by atoms with Gasteiger partial charge in [-0.15, -0.1) is 23.2 Å². The molecule has 0 unspecified atom stereocenters. The first-order valence-electron chi connectivity index (χ1n) is 1.55. The van der Waals surface area contributed by atoms with Crippen LogP contribution in [-0.4, -0.2) is 15.9 Å². The lowest BCUT2D eigenvalue weighted by Crippen LogP contribution is -1.80. The first-order valence-corrected chi connectivity index (χ1v) is 4.12. The van der Waals surface area contributed by atoms with Gasteiger partial charge in [-0.25, -0.2) is 0 Å². The Morgan fingerprint density at radius 1 is 1.50 bits per heavy atom. The summed E-state index contributed by atoms with van der Waals surface area (Å²) in [6.45, 7) is 0. The number of hydrogen-bond acceptors (Lipinski definition) is 1. The summed E-state index contributed by atoms with van der Waals surface area (Å²) >= 11 is 17.1. The van der Waals surface area contributed by atoms with Gasteiger partial charge in [-0.1, -0.05) is 15.9 Å². The van der Waals surface area contributed by atoms with Gasteiger partial charge in [0.05, 0.1) is 10.7 Å². The van der Waals surface area contributed by atoms with Crippen LogP contribution in [0, 0.1) is 0 Å². The molecule has 0 saturated carbocycles. The molecule has 0 fully saturated rings. The Morgan fingerprint density at radius 3 is 1.62 bits per heavy atom. The third-order valence-electron chi connectivity index (χ3n) is 0.105. The van der Waals surface area contributed by atoms with E-state index in [4.69, 9.17) is 34.8 Å². The molecule has 0 heterocycles. The van der Waals surface area contributed by atoms with Crippen LogP contribution in [0.15, 0.2) is 0 Å². The van der Waals surface area contributed by atoms with Gasteiger partial charge >= 0.3 is 0 Å². The maximum Gasteiger partial charge on any atom is 0.232 e. The minimum atomic E-state index is -0.356. The van der Waals surface area contributed by atoms with Crippen molar-refractivity contribution in [3.63, 3.8) is 0 Å². The van der Waals surface area contributed by atoms with Crippen molar-refractivity contribution in [3.05, 3.63) is 0 Å². The highest BCUT2D eigenvalue weighted by atomic mass is 79.9. The molecule has 0 atom stereocenters. The van der Waals surface area contributed by atoms with E-state index in [0.29, 0.717) is 0 Å². The smallest absolute Gasteiger partial charge is 0.232 e. The summed E-state index contributed by atoms with van der Waals surface area (Å²) in [7, 11) is 0. The van der Waals surface area contributed by atoms with Crippen molar-refractivity contribution in [2.75, 3.05) is 10.7 Å². The molecule has 0 spiro atoms. The van der Waals surface area contributed by atoms with E-state index in [1.807, 2.05) is 0 Å². The molecule has 0 radical (unpaired) electrons. The van der Waals surface area contributed by atoms with Gasteiger partial charge < -0.3 is 0 Å². The maximum atomic E-state index is 9.53. The fourth-order valence-electron chi connectivity index (χ4n) is 0. The monoisotopic (exact) mass is 240 g/mol. The second-order valence-corrected chi connectivity index (χ2v) is 2.38. The molecule has 0 aliphatic carbocycles. The Bertz CT molecular complexity index is 58.5. The molecule has 1 nitrogen and oxygen atoms in total. The Morgan fingerprint density at radius 2 is 1.62 bits per heavy atom. The van der Waals surface area contributed by atoms with Gasteiger partial charge in [-0.2, -0.15) is 0 Å². The quantitative estimate of drug-likeness (QED) is 0.510. The average molecular weight is 242 g/mol. The zero-order valence-corrected chi connectivity index (χ0v) is 7.69. The summed E-state index contributed by atoms with van der Waals surface area (Å²) in [4.78, 5) is 9.53. The molecular formula is C3H4BrCl3O. The third-order valence-corrected chi connectivity index (χ3v) is 1.07. The SMILES string of the molecule is ClCCl.O=C(Cl)CBr. The minimum absolute atomic E-state index is 0.194. The summed E-state index contributed by atoms with van der Waals surface area (Å²) in [5, 5.41) is 0.0826. The van der Waals surface area contributed by atoms with E-state index in [-0.39, 0.29) is 15.9 Å². The largest absolute Gasteiger partial charge is 0.280 e. The highest BCUT2D eigenvalue weighted by Gasteiger charge is 1.83. The lowest BCUT2D eigenvalue weighted by atomic mass is 10.9. The predicted octanol–water partition coefficient (Wildman–Crippen LogP) is 2.57. The van der Waals surface area contributed by atoms with Crippen LogP contribution in [0.4, 0.5) is 0 Å². The molecule has 0 bridgehead atoms. The van der Waals surface area contributed by atoms with Crippen molar-refractivity contribution >= 4 is 56.0 Å². The Balaban J connectivity index is 0. The van der Waals surface area contributed by atoms with Crippen LogP contribution in [-0.2, 0) is 4.79 Å². The fraction of sp³-hybridized carbons (Fsp3) is 0.667. The number of halogens is 4. The third kappa shape index (κ3) is 27.9. The molecule has 0 aliphatic heterocycles. The molecule has 5 heteroatoms. The Labute approximate surface area is 71.4 Å². The van der Waals surface area contributed by atoms with Gasteiger partial charge in [0.25, 0.3) is 0 Å². The fourth-order valence-corrected chi connectivity index (χ4v) is 0. The van der Waals surface area contributed by atoms with Gasteiger partial charge in [-0.3, -0.25) is 4.79 Å². The minimum Gasteiger partial charge on any atom is -0.280 e. The van der Waals surface area contributed by atoms with Gasteiger partial charge in [0, 0.05) is 0 Å². The average Bonchev–Trinajstić information content (AvgIpc) is 1.69. The van der Waals surface area contributed by atoms with Crippen molar-refractivity contribution in [1.82, 2.24) is 0 Å². The molecule has 0 rings (SSSR count). The molecule has 0 aromatic carbocycles. The molecule has 0 aromatic rings. The van der Waals surface area contributed by atoms with Crippen LogP contribution in [0.3, 0.4) is 0 Å². The van der Waals surface area contributed by atoms with Gasteiger partial charge in [0.15, 0.2) is 0 Å². The van der Waals surface area contributed by atoms with E-state index in [1.165, 1.54) is 0 Å². The normalized spacial score (nSPS) is 7.00. The predicted molar refractivity (Wildman–Crippen MR) is 41.2 cm³/mol. The van der Waals surface area contributed by atoms with E-state index in [2.05, 4.69) is 15.9 Å². The lowest BCUT2D eigenvalue weighted by molar-refractivity contribution is -0.109. The number of hydrogen-bond donors (Lipinski definition) is 0. The van der Waals surface area contributed by atoms with Crippen LogP contribution in [0.5, 0.6) is 0 Å². The number of carbonyl (C=O) groups is 1. The lowest BCUT2D eigenvalue weighted by Gasteiger charge is -1.66. The van der Waals surface area contributed by atoms with E-state index in [0.717, 1.165) is 0 Å². The van der Waals surface area contributed by atoms with Gasteiger partial charge in [0.1, 0.15) is 0 Å². The topological polar surface area (TPSA) is 17.1 Å². The van der Waals surface area contributed by atoms with Crippen molar-refractivity contribution in [2.24, 2.45) is 0 Å². The number of rotatable bonds is 1. The second kappa shape index (κ2) is 10.9. The molecule has 0 aromatic heterocycles. The van der Waals surface area contributed by atoms with Crippen LogP contribution >= 0.6 is 50.7 Å². The van der Waals surface area contributed by atoms with Crippen molar-refractivity contribution < 1.29 is 4.79 Å². The first kappa shape index (κ1) is 11.8. The first-order chi connectivity index (χ1) is 3.68. The van der Waals surface area contributed by atoms with E-state index in [9.17, 15) is 4.79 Å². The highest BCUT2D eigenvalue weighted by Crippen LogP contribution is 1.83. The summed E-state index contributed by atoms with van der Waals surface area (Å²) in [5.41, 5.74) is 0. The molecule has 0 N–H and O–H groups in total. The van der Waals surface area contributed by atoms with Crippen LogP contribution in [0.2, 0.25) is 0 Å². The van der Waals surface area contributed by atoms with E-state index >= 15 is 0 Å². The van der Waals surface area contributed by atoms with Gasteiger partial charge in [0.2, 0.25) is 5.24 Å². The molecule has 8 heavy (non-hydrogen) atoms. The number of alkyl halides is 3. The molecule has 0 aliphatic rings. The molecule has 0 saturated heterocycles. The maximum absolute atomic E-state index is 9.53. The van der Waals surface area contributed by atoms with Crippen LogP contribution < -0.4 is 0 Å². The van der Waals surface area contributed by atoms with Crippen molar-refractivity contribution in [2.45, 2.75) is 0 Å². The zero-order valence-electron chi connectivity index (χ0n) is 3.83. The van der Waals surface area contributed by atoms with Crippen molar-refractivity contribution in [3.8, 4) is 0 Å². The highest BCUT2D eigenvalue weighted by molar-refractivity contribution is 9.09. The molecule has 50 valence electrons.